The van der Waals surface area contributed by atoms with Crippen LogP contribution >= 0.6 is 0 Å². The van der Waals surface area contributed by atoms with Crippen molar-refractivity contribution in [2.45, 2.75) is 25.7 Å². The number of hydrogen-bond donors (Lipinski definition) is 1. The molecular weight excluding hydrogens is 282 g/mol. The summed E-state index contributed by atoms with van der Waals surface area (Å²) in [5, 5.41) is 6.71. The summed E-state index contributed by atoms with van der Waals surface area (Å²) >= 11 is 0. The molecule has 0 unspecified atom stereocenters. The molecule has 2 heterocycles. The van der Waals surface area contributed by atoms with Crippen molar-refractivity contribution >= 4 is 21.8 Å². The summed E-state index contributed by atoms with van der Waals surface area (Å²) in [7, 11) is -3.19. The first-order chi connectivity index (χ1) is 9.45. The smallest absolute Gasteiger partial charge is 0.234 e. The number of carbonyl (C=O) groups is 1. The molecule has 20 heavy (non-hydrogen) atoms. The Kier molecular flexibility index (Phi) is 3.29. The first kappa shape index (κ1) is 13.6. The Hall–Kier alpha value is -1.41. The zero-order valence-corrected chi connectivity index (χ0v) is 12.1. The van der Waals surface area contributed by atoms with Crippen LogP contribution in [0.1, 0.15) is 24.1 Å². The molecule has 0 aromatic carbocycles. The minimum Gasteiger partial charge on any atom is -0.338 e. The van der Waals surface area contributed by atoms with E-state index in [1.165, 1.54) is 4.31 Å². The molecule has 1 aromatic rings. The number of aryl methyl sites for hydroxylation is 1. The van der Waals surface area contributed by atoms with Crippen LogP contribution in [0.25, 0.3) is 0 Å². The van der Waals surface area contributed by atoms with Gasteiger partial charge in [-0.3, -0.25) is 10.1 Å². The summed E-state index contributed by atoms with van der Waals surface area (Å²) in [6, 6.07) is 0. The highest BCUT2D eigenvalue weighted by Gasteiger charge is 2.38. The molecule has 7 nitrogen and oxygen atoms in total. The third kappa shape index (κ3) is 2.45. The van der Waals surface area contributed by atoms with Gasteiger partial charge in [0.25, 0.3) is 0 Å². The molecule has 110 valence electrons. The third-order valence-electron chi connectivity index (χ3n) is 3.88. The van der Waals surface area contributed by atoms with E-state index in [0.717, 1.165) is 43.2 Å². The van der Waals surface area contributed by atoms with Gasteiger partial charge in [0.2, 0.25) is 21.8 Å². The molecule has 2 aliphatic rings. The van der Waals surface area contributed by atoms with Gasteiger partial charge in [-0.25, -0.2) is 12.7 Å². The summed E-state index contributed by atoms with van der Waals surface area (Å²) in [4.78, 5) is 12.0. The maximum atomic E-state index is 12.0. The fourth-order valence-corrected chi connectivity index (χ4v) is 3.48. The van der Waals surface area contributed by atoms with E-state index in [0.29, 0.717) is 5.88 Å². The monoisotopic (exact) mass is 299 g/mol. The predicted octanol–water partition coefficient (Wildman–Crippen LogP) is 0.383. The Balaban J connectivity index is 1.62. The van der Waals surface area contributed by atoms with Crippen molar-refractivity contribution in [1.82, 2.24) is 9.46 Å². The fourth-order valence-electron chi connectivity index (χ4n) is 2.58. The molecule has 1 aliphatic heterocycles. The Morgan fingerprint density at radius 3 is 2.75 bits per heavy atom. The third-order valence-corrected chi connectivity index (χ3v) is 5.12. The van der Waals surface area contributed by atoms with Crippen LogP contribution in [0.5, 0.6) is 0 Å². The van der Waals surface area contributed by atoms with Crippen LogP contribution < -0.4 is 5.32 Å². The Bertz CT molecular complexity index is 631. The minimum absolute atomic E-state index is 0.200. The van der Waals surface area contributed by atoms with E-state index in [9.17, 15) is 13.2 Å². The number of nitrogens with zero attached hydrogens (tertiary/aromatic N) is 2. The lowest BCUT2D eigenvalue weighted by Crippen LogP contribution is -2.53. The quantitative estimate of drug-likeness (QED) is 0.871. The lowest BCUT2D eigenvalue weighted by Gasteiger charge is -2.35. The molecule has 3 rings (SSSR count). The Morgan fingerprint density at radius 1 is 1.35 bits per heavy atom. The van der Waals surface area contributed by atoms with Gasteiger partial charge in [-0.15, -0.1) is 0 Å². The van der Waals surface area contributed by atoms with E-state index in [1.807, 2.05) is 0 Å². The van der Waals surface area contributed by atoms with Crippen molar-refractivity contribution in [2.75, 3.05) is 24.7 Å². The van der Waals surface area contributed by atoms with Crippen molar-refractivity contribution in [1.29, 1.82) is 0 Å². The Labute approximate surface area is 117 Å². The highest BCUT2D eigenvalue weighted by molar-refractivity contribution is 7.88. The zero-order chi connectivity index (χ0) is 14.3. The number of rotatable bonds is 3. The van der Waals surface area contributed by atoms with Gasteiger partial charge in [0.05, 0.1) is 17.9 Å². The summed E-state index contributed by atoms with van der Waals surface area (Å²) in [6.07, 6.45) is 5.07. The average molecular weight is 299 g/mol. The van der Waals surface area contributed by atoms with Crippen LogP contribution in [0.3, 0.4) is 0 Å². The molecule has 1 N–H and O–H groups in total. The van der Waals surface area contributed by atoms with Gasteiger partial charge in [0.1, 0.15) is 0 Å². The number of sulfonamides is 1. The van der Waals surface area contributed by atoms with Crippen LogP contribution in [-0.2, 0) is 27.7 Å². The number of hydrogen-bond acceptors (Lipinski definition) is 5. The number of carbonyl (C=O) groups excluding carboxylic acids is 1. The van der Waals surface area contributed by atoms with Gasteiger partial charge in [0, 0.05) is 18.7 Å². The van der Waals surface area contributed by atoms with Gasteiger partial charge in [-0.2, -0.15) is 0 Å². The number of aromatic nitrogens is 1. The van der Waals surface area contributed by atoms with Crippen LogP contribution in [-0.4, -0.2) is 43.1 Å². The molecule has 1 amide bonds. The van der Waals surface area contributed by atoms with Crippen LogP contribution in [0.15, 0.2) is 4.52 Å². The van der Waals surface area contributed by atoms with Gasteiger partial charge in [-0.05, 0) is 25.7 Å². The molecule has 0 atom stereocenters. The molecule has 0 spiro atoms. The van der Waals surface area contributed by atoms with Crippen molar-refractivity contribution in [3.63, 3.8) is 0 Å². The summed E-state index contributed by atoms with van der Waals surface area (Å²) in [6.45, 7) is 0.474. The van der Waals surface area contributed by atoms with E-state index in [-0.39, 0.29) is 24.9 Å². The second-order valence-corrected chi connectivity index (χ2v) is 7.39. The largest absolute Gasteiger partial charge is 0.338 e. The molecule has 1 aromatic heterocycles. The van der Waals surface area contributed by atoms with Crippen LogP contribution in [0, 0.1) is 5.92 Å². The summed E-state index contributed by atoms with van der Waals surface area (Å²) in [5.74, 6) is -0.0778. The van der Waals surface area contributed by atoms with Gasteiger partial charge < -0.3 is 4.52 Å². The molecule has 0 saturated carbocycles. The standard InChI is InChI=1S/C12H17N3O4S/c1-20(17,18)15-6-8(7-15)11(16)13-12-9-4-2-3-5-10(9)14-19-12/h8H,2-7H2,1H3,(H,13,16). The average Bonchev–Trinajstić information content (AvgIpc) is 2.69. The molecule has 1 saturated heterocycles. The maximum Gasteiger partial charge on any atom is 0.234 e. The number of nitrogens with one attached hydrogen (secondary N) is 1. The van der Waals surface area contributed by atoms with Crippen molar-refractivity contribution < 1.29 is 17.7 Å². The highest BCUT2D eigenvalue weighted by atomic mass is 32.2. The molecule has 0 radical (unpaired) electrons. The lowest BCUT2D eigenvalue weighted by atomic mass is 9.97. The van der Waals surface area contributed by atoms with Gasteiger partial charge >= 0.3 is 0 Å². The zero-order valence-electron chi connectivity index (χ0n) is 11.3. The number of fused-ring (bicyclic) bond motifs is 1. The van der Waals surface area contributed by atoms with Crippen LogP contribution in [0.4, 0.5) is 5.88 Å². The number of anilines is 1. The molecule has 0 bridgehead atoms. The highest BCUT2D eigenvalue weighted by Crippen LogP contribution is 2.28. The minimum atomic E-state index is -3.19. The SMILES string of the molecule is CS(=O)(=O)N1CC(C(=O)Nc2onc3c2CCCC3)C1. The van der Waals surface area contributed by atoms with Gasteiger partial charge in [0.15, 0.2) is 0 Å². The van der Waals surface area contributed by atoms with E-state index < -0.39 is 10.0 Å². The molecular formula is C12H17N3O4S. The maximum absolute atomic E-state index is 12.0. The predicted molar refractivity (Wildman–Crippen MR) is 71.7 cm³/mol. The second kappa shape index (κ2) is 4.85. The Morgan fingerprint density at radius 2 is 2.05 bits per heavy atom. The second-order valence-electron chi connectivity index (χ2n) is 5.41. The molecule has 8 heteroatoms. The lowest BCUT2D eigenvalue weighted by molar-refractivity contribution is -0.123. The molecule has 1 aliphatic carbocycles. The normalized spacial score (nSPS) is 20.2. The first-order valence-electron chi connectivity index (χ1n) is 6.68. The van der Waals surface area contributed by atoms with E-state index in [2.05, 4.69) is 10.5 Å². The summed E-state index contributed by atoms with van der Waals surface area (Å²) < 4.78 is 29.0. The van der Waals surface area contributed by atoms with Crippen molar-refractivity contribution in [2.24, 2.45) is 5.92 Å². The van der Waals surface area contributed by atoms with Gasteiger partial charge in [-0.1, -0.05) is 5.16 Å². The van der Waals surface area contributed by atoms with E-state index in [1.54, 1.807) is 0 Å². The molecule has 1 fully saturated rings. The topological polar surface area (TPSA) is 92.5 Å². The van der Waals surface area contributed by atoms with Crippen molar-refractivity contribution in [3.8, 4) is 0 Å². The van der Waals surface area contributed by atoms with Crippen LogP contribution in [0.2, 0.25) is 0 Å². The van der Waals surface area contributed by atoms with Crippen molar-refractivity contribution in [3.05, 3.63) is 11.3 Å². The summed E-state index contributed by atoms with van der Waals surface area (Å²) in [5.41, 5.74) is 1.92. The first-order valence-corrected chi connectivity index (χ1v) is 8.53. The fraction of sp³-hybridized carbons (Fsp3) is 0.667. The van der Waals surface area contributed by atoms with E-state index in [4.69, 9.17) is 4.52 Å². The van der Waals surface area contributed by atoms with E-state index >= 15 is 0 Å². The number of amides is 1.